The molecule has 0 aliphatic heterocycles. The van der Waals surface area contributed by atoms with Crippen molar-refractivity contribution in [2.75, 3.05) is 6.61 Å². The third kappa shape index (κ3) is 6.37. The van der Waals surface area contributed by atoms with Gasteiger partial charge in [-0.25, -0.2) is 0 Å². The fourth-order valence-electron chi connectivity index (χ4n) is 8.62. The lowest BCUT2D eigenvalue weighted by molar-refractivity contribution is -0.148. The van der Waals surface area contributed by atoms with Crippen molar-refractivity contribution in [3.63, 3.8) is 0 Å². The van der Waals surface area contributed by atoms with Crippen LogP contribution < -0.4 is 0 Å². The second-order valence-electron chi connectivity index (χ2n) is 12.7. The predicted octanol–water partition coefficient (Wildman–Crippen LogP) is 7.94. The highest BCUT2D eigenvalue weighted by molar-refractivity contribution is 5.72. The van der Waals surface area contributed by atoms with Crippen LogP contribution in [0.5, 0.6) is 5.75 Å². The van der Waals surface area contributed by atoms with Crippen LogP contribution in [-0.2, 0) is 16.0 Å². The van der Waals surface area contributed by atoms with Gasteiger partial charge in [-0.05, 0) is 111 Å². The first-order valence-corrected chi connectivity index (χ1v) is 15.6. The van der Waals surface area contributed by atoms with Crippen LogP contribution >= 0.6 is 0 Å². The van der Waals surface area contributed by atoms with Crippen LogP contribution in [-0.4, -0.2) is 28.9 Å². The maximum atomic E-state index is 12.1. The molecule has 0 saturated heterocycles. The molecular formula is C33H52O4. The van der Waals surface area contributed by atoms with Crippen LogP contribution in [0.3, 0.4) is 0 Å². The lowest BCUT2D eigenvalue weighted by atomic mass is 9.51. The van der Waals surface area contributed by atoms with E-state index in [0.29, 0.717) is 36.0 Å². The van der Waals surface area contributed by atoms with E-state index in [0.717, 1.165) is 44.9 Å². The Balaban J connectivity index is 1.28. The largest absolute Gasteiger partial charge is 0.508 e. The summed E-state index contributed by atoms with van der Waals surface area (Å²) in [5.74, 6) is 3.01. The Bertz CT molecular complexity index is 881. The Kier molecular flexibility index (Phi) is 10.00. The molecule has 3 aliphatic carbocycles. The van der Waals surface area contributed by atoms with Crippen LogP contribution in [0, 0.1) is 29.1 Å². The average molecular weight is 513 g/mol. The zero-order valence-corrected chi connectivity index (χ0v) is 23.7. The van der Waals surface area contributed by atoms with Gasteiger partial charge in [0.25, 0.3) is 0 Å². The van der Waals surface area contributed by atoms with Crippen LogP contribution in [0.4, 0.5) is 0 Å². The molecule has 2 saturated carbocycles. The number of hydrogen-bond donors (Lipinski definition) is 2. The fraction of sp³-hybridized carbons (Fsp3) is 0.788. The Morgan fingerprint density at radius 1 is 1.05 bits per heavy atom. The molecule has 7 atom stereocenters. The van der Waals surface area contributed by atoms with Gasteiger partial charge < -0.3 is 14.9 Å². The molecule has 37 heavy (non-hydrogen) atoms. The number of unbranched alkanes of at least 4 members (excludes halogenated alkanes) is 5. The minimum Gasteiger partial charge on any atom is -0.508 e. The molecule has 1 aromatic carbocycles. The molecule has 3 aliphatic rings. The zero-order valence-electron chi connectivity index (χ0n) is 23.7. The molecule has 0 amide bonds. The number of esters is 1. The van der Waals surface area contributed by atoms with Crippen molar-refractivity contribution >= 4 is 5.97 Å². The highest BCUT2D eigenvalue weighted by atomic mass is 16.5. The van der Waals surface area contributed by atoms with Crippen LogP contribution in [0.2, 0.25) is 0 Å². The van der Waals surface area contributed by atoms with Crippen molar-refractivity contribution in [3.05, 3.63) is 29.3 Å². The number of carbonyl (C=O) groups is 1. The second kappa shape index (κ2) is 13.0. The smallest absolute Gasteiger partial charge is 0.308 e. The minimum atomic E-state index is -0.145. The van der Waals surface area contributed by atoms with Gasteiger partial charge in [0.05, 0.1) is 18.6 Å². The van der Waals surface area contributed by atoms with Gasteiger partial charge in [-0.2, -0.15) is 0 Å². The van der Waals surface area contributed by atoms with Crippen molar-refractivity contribution < 1.29 is 19.7 Å². The van der Waals surface area contributed by atoms with Gasteiger partial charge in [0.2, 0.25) is 0 Å². The van der Waals surface area contributed by atoms with E-state index in [-0.39, 0.29) is 23.4 Å². The molecule has 0 bridgehead atoms. The number of benzene rings is 1. The van der Waals surface area contributed by atoms with Gasteiger partial charge >= 0.3 is 5.97 Å². The van der Waals surface area contributed by atoms with Crippen molar-refractivity contribution in [2.45, 2.75) is 129 Å². The quantitative estimate of drug-likeness (QED) is 0.208. The molecule has 4 heteroatoms. The molecule has 0 heterocycles. The maximum absolute atomic E-state index is 12.1. The molecule has 0 radical (unpaired) electrons. The van der Waals surface area contributed by atoms with Crippen molar-refractivity contribution in [2.24, 2.45) is 29.1 Å². The van der Waals surface area contributed by atoms with Crippen molar-refractivity contribution in [3.8, 4) is 5.75 Å². The number of aliphatic hydroxyl groups is 1. The van der Waals surface area contributed by atoms with E-state index in [9.17, 15) is 15.0 Å². The van der Waals surface area contributed by atoms with Gasteiger partial charge in [-0.15, -0.1) is 0 Å². The standard InChI is InChI=1S/C33H52O4/c1-4-12-23(32(36)37-5-2)13-10-8-6-7-9-11-14-25-22-33(3)29(19-20-30(33)35)28-17-15-24-21-26(34)16-18-27(24)31(25)28/h16,18,21,23,25,28-31,34-35H,4-15,17,19-20,22H2,1-3H3. The Morgan fingerprint density at radius 3 is 2.57 bits per heavy atom. The molecule has 208 valence electrons. The molecule has 1 aromatic rings. The number of carbonyl (C=O) groups excluding carboxylic acids is 1. The van der Waals surface area contributed by atoms with E-state index in [1.165, 1.54) is 62.5 Å². The van der Waals surface area contributed by atoms with E-state index in [4.69, 9.17) is 4.74 Å². The Hall–Kier alpha value is -1.55. The summed E-state index contributed by atoms with van der Waals surface area (Å²) < 4.78 is 5.26. The minimum absolute atomic E-state index is 0.00190. The van der Waals surface area contributed by atoms with E-state index in [1.54, 1.807) is 0 Å². The van der Waals surface area contributed by atoms with Gasteiger partial charge in [0, 0.05) is 0 Å². The third-order valence-electron chi connectivity index (χ3n) is 10.4. The zero-order chi connectivity index (χ0) is 26.4. The van der Waals surface area contributed by atoms with Crippen LogP contribution in [0.25, 0.3) is 0 Å². The van der Waals surface area contributed by atoms with Gasteiger partial charge in [0.1, 0.15) is 5.75 Å². The molecule has 7 unspecified atom stereocenters. The van der Waals surface area contributed by atoms with Crippen molar-refractivity contribution in [1.29, 1.82) is 0 Å². The summed E-state index contributed by atoms with van der Waals surface area (Å²) in [6.07, 6.45) is 17.0. The first-order chi connectivity index (χ1) is 17.9. The number of aryl methyl sites for hydroxylation is 1. The number of rotatable bonds is 13. The molecule has 2 fully saturated rings. The summed E-state index contributed by atoms with van der Waals surface area (Å²) in [5, 5.41) is 21.1. The topological polar surface area (TPSA) is 66.8 Å². The molecule has 0 aromatic heterocycles. The lowest BCUT2D eigenvalue weighted by Gasteiger charge is -2.54. The summed E-state index contributed by atoms with van der Waals surface area (Å²) in [6.45, 7) is 6.90. The maximum Gasteiger partial charge on any atom is 0.308 e. The van der Waals surface area contributed by atoms with Gasteiger partial charge in [-0.1, -0.05) is 64.9 Å². The van der Waals surface area contributed by atoms with Gasteiger partial charge in [-0.3, -0.25) is 4.79 Å². The van der Waals surface area contributed by atoms with E-state index in [2.05, 4.69) is 19.9 Å². The predicted molar refractivity (Wildman–Crippen MR) is 150 cm³/mol. The fourth-order valence-corrected chi connectivity index (χ4v) is 8.62. The molecule has 2 N–H and O–H groups in total. The van der Waals surface area contributed by atoms with Crippen molar-refractivity contribution in [1.82, 2.24) is 0 Å². The highest BCUT2D eigenvalue weighted by Crippen LogP contribution is 2.63. The first kappa shape index (κ1) is 28.5. The molecule has 4 rings (SSSR count). The normalized spacial score (nSPS) is 31.3. The highest BCUT2D eigenvalue weighted by Gasteiger charge is 2.57. The second-order valence-corrected chi connectivity index (χ2v) is 12.7. The number of hydrogen-bond acceptors (Lipinski definition) is 4. The SMILES string of the molecule is CCCC(CCCCCCCCC1CC2(C)C(O)CCC2C2CCc3cc(O)ccc3C12)C(=O)OCC. The van der Waals surface area contributed by atoms with Gasteiger partial charge in [0.15, 0.2) is 0 Å². The van der Waals surface area contributed by atoms with E-state index in [1.807, 2.05) is 19.1 Å². The van der Waals surface area contributed by atoms with E-state index >= 15 is 0 Å². The number of phenolic OH excluding ortho intramolecular Hbond substituents is 1. The number of phenols is 1. The molecular weight excluding hydrogens is 460 g/mol. The summed E-state index contributed by atoms with van der Waals surface area (Å²) in [5.41, 5.74) is 2.93. The number of aromatic hydroxyl groups is 1. The molecule has 4 nitrogen and oxygen atoms in total. The average Bonchev–Trinajstić information content (AvgIpc) is 3.18. The summed E-state index contributed by atoms with van der Waals surface area (Å²) in [7, 11) is 0. The summed E-state index contributed by atoms with van der Waals surface area (Å²) in [4.78, 5) is 12.1. The lowest BCUT2D eigenvalue weighted by Crippen LogP contribution is -2.47. The van der Waals surface area contributed by atoms with Crippen LogP contribution in [0.1, 0.15) is 128 Å². The third-order valence-corrected chi connectivity index (χ3v) is 10.4. The Labute approximate surface area is 225 Å². The first-order valence-electron chi connectivity index (χ1n) is 15.6. The number of ether oxygens (including phenoxy) is 1. The van der Waals surface area contributed by atoms with Crippen LogP contribution in [0.15, 0.2) is 18.2 Å². The number of fused-ring (bicyclic) bond motifs is 5. The number of aliphatic hydroxyl groups excluding tert-OH is 1. The summed E-state index contributed by atoms with van der Waals surface area (Å²) >= 11 is 0. The van der Waals surface area contributed by atoms with E-state index < -0.39 is 0 Å². The molecule has 0 spiro atoms. The Morgan fingerprint density at radius 2 is 1.81 bits per heavy atom. The summed E-state index contributed by atoms with van der Waals surface area (Å²) in [6, 6.07) is 6.11. The monoisotopic (exact) mass is 512 g/mol.